The maximum atomic E-state index is 5.00. The van der Waals surface area contributed by atoms with Gasteiger partial charge in [-0.3, -0.25) is 0 Å². The topological polar surface area (TPSA) is 17.8 Å². The summed E-state index contributed by atoms with van der Waals surface area (Å²) in [7, 11) is 0. The third kappa shape index (κ3) is 5.62. The van der Waals surface area contributed by atoms with Crippen molar-refractivity contribution in [1.82, 2.24) is 9.55 Å². The summed E-state index contributed by atoms with van der Waals surface area (Å²) in [5.74, 6) is 2.42. The molecule has 0 radical (unpaired) electrons. The number of imidazole rings is 1. The van der Waals surface area contributed by atoms with Gasteiger partial charge in [-0.1, -0.05) is 63.4 Å². The van der Waals surface area contributed by atoms with Crippen LogP contribution in [-0.2, 0) is 19.4 Å². The lowest BCUT2D eigenvalue weighted by molar-refractivity contribution is 0.573. The smallest absolute Gasteiger partial charge is 0.110 e. The van der Waals surface area contributed by atoms with E-state index < -0.39 is 0 Å². The molecule has 3 aromatic rings. The van der Waals surface area contributed by atoms with Crippen molar-refractivity contribution in [2.24, 2.45) is 0 Å². The van der Waals surface area contributed by atoms with E-state index >= 15 is 0 Å². The number of hydrogen-bond donors (Lipinski definition) is 0. The molecule has 2 nitrogen and oxygen atoms in total. The molecule has 0 bridgehead atoms. The zero-order valence-electron chi connectivity index (χ0n) is 16.8. The van der Waals surface area contributed by atoms with Crippen molar-refractivity contribution < 1.29 is 0 Å². The molecular weight excluding hydrogens is 348 g/mol. The Kier molecular flexibility index (Phi) is 7.82. The van der Waals surface area contributed by atoms with Crippen molar-refractivity contribution in [3.8, 4) is 0 Å². The summed E-state index contributed by atoms with van der Waals surface area (Å²) >= 11 is 1.95. The molecule has 0 N–H and O–H groups in total. The summed E-state index contributed by atoms with van der Waals surface area (Å²) in [6.07, 6.45) is 8.41. The predicted molar refractivity (Wildman–Crippen MR) is 119 cm³/mol. The van der Waals surface area contributed by atoms with E-state index in [9.17, 15) is 0 Å². The molecule has 0 amide bonds. The third-order valence-corrected chi connectivity index (χ3v) is 6.19. The lowest BCUT2D eigenvalue weighted by atomic mass is 10.1. The van der Waals surface area contributed by atoms with Gasteiger partial charge in [-0.15, -0.1) is 11.8 Å². The maximum absolute atomic E-state index is 5.00. The fraction of sp³-hybridized carbons (Fsp3) is 0.458. The molecule has 0 fully saturated rings. The summed E-state index contributed by atoms with van der Waals surface area (Å²) < 4.78 is 2.49. The van der Waals surface area contributed by atoms with E-state index in [-0.39, 0.29) is 0 Å². The van der Waals surface area contributed by atoms with Crippen LogP contribution in [0.15, 0.2) is 53.4 Å². The van der Waals surface area contributed by atoms with E-state index in [0.29, 0.717) is 0 Å². The van der Waals surface area contributed by atoms with E-state index in [1.807, 2.05) is 11.8 Å². The SMILES string of the molecule is CCCCCCn1c(CCc2ccccc2)nc2ccc(SCCC)cc21. The van der Waals surface area contributed by atoms with Crippen LogP contribution < -0.4 is 0 Å². The van der Waals surface area contributed by atoms with Crippen LogP contribution in [0.25, 0.3) is 11.0 Å². The molecule has 144 valence electrons. The average Bonchev–Trinajstić information content (AvgIpc) is 3.05. The Morgan fingerprint density at radius 1 is 0.889 bits per heavy atom. The van der Waals surface area contributed by atoms with Gasteiger partial charge < -0.3 is 4.57 Å². The van der Waals surface area contributed by atoms with Crippen LogP contribution in [0, 0.1) is 0 Å². The van der Waals surface area contributed by atoms with Gasteiger partial charge >= 0.3 is 0 Å². The fourth-order valence-corrected chi connectivity index (χ4v) is 4.30. The molecule has 0 atom stereocenters. The molecule has 0 saturated heterocycles. The molecule has 0 saturated carbocycles. The highest BCUT2D eigenvalue weighted by Crippen LogP contribution is 2.26. The van der Waals surface area contributed by atoms with Gasteiger partial charge in [0, 0.05) is 17.9 Å². The Balaban J connectivity index is 1.82. The van der Waals surface area contributed by atoms with E-state index in [0.717, 1.165) is 24.9 Å². The monoisotopic (exact) mass is 380 g/mol. The molecule has 3 heteroatoms. The Morgan fingerprint density at radius 2 is 1.74 bits per heavy atom. The lowest BCUT2D eigenvalue weighted by Crippen LogP contribution is -2.06. The Morgan fingerprint density at radius 3 is 2.52 bits per heavy atom. The quantitative estimate of drug-likeness (QED) is 0.266. The molecule has 0 aliphatic carbocycles. The highest BCUT2D eigenvalue weighted by molar-refractivity contribution is 7.99. The summed E-state index contributed by atoms with van der Waals surface area (Å²) in [5, 5.41) is 0. The minimum absolute atomic E-state index is 1.00. The highest BCUT2D eigenvalue weighted by atomic mass is 32.2. The van der Waals surface area contributed by atoms with Gasteiger partial charge in [-0.25, -0.2) is 4.98 Å². The van der Waals surface area contributed by atoms with E-state index in [2.05, 4.69) is 66.9 Å². The third-order valence-electron chi connectivity index (χ3n) is 4.99. The number of hydrogen-bond acceptors (Lipinski definition) is 2. The standard InChI is InChI=1S/C24H32N2S/c1-3-5-6-10-17-26-23-19-21(27-18-4-2)14-15-22(23)25-24(26)16-13-20-11-8-7-9-12-20/h7-9,11-12,14-15,19H,3-6,10,13,16-18H2,1-2H3. The fourth-order valence-electron chi connectivity index (χ4n) is 3.50. The van der Waals surface area contributed by atoms with Crippen LogP contribution in [0.3, 0.4) is 0 Å². The van der Waals surface area contributed by atoms with Crippen LogP contribution in [0.1, 0.15) is 57.3 Å². The van der Waals surface area contributed by atoms with Crippen molar-refractivity contribution in [2.45, 2.75) is 70.2 Å². The molecular formula is C24H32N2S. The largest absolute Gasteiger partial charge is 0.328 e. The van der Waals surface area contributed by atoms with Crippen LogP contribution in [0.4, 0.5) is 0 Å². The number of aryl methyl sites for hydroxylation is 3. The molecule has 0 aliphatic heterocycles. The van der Waals surface area contributed by atoms with Crippen molar-refractivity contribution in [1.29, 1.82) is 0 Å². The Bertz CT molecular complexity index is 823. The van der Waals surface area contributed by atoms with Crippen LogP contribution in [0.2, 0.25) is 0 Å². The van der Waals surface area contributed by atoms with E-state index in [1.165, 1.54) is 59.7 Å². The predicted octanol–water partition coefficient (Wildman–Crippen LogP) is 6.90. The number of benzene rings is 2. The lowest BCUT2D eigenvalue weighted by Gasteiger charge is -2.10. The van der Waals surface area contributed by atoms with Crippen molar-refractivity contribution >= 4 is 22.8 Å². The number of thioether (sulfide) groups is 1. The number of rotatable bonds is 11. The molecule has 3 rings (SSSR count). The Labute approximate surface area is 168 Å². The van der Waals surface area contributed by atoms with Crippen LogP contribution in [0.5, 0.6) is 0 Å². The van der Waals surface area contributed by atoms with Gasteiger partial charge in [0.25, 0.3) is 0 Å². The number of nitrogens with zero attached hydrogens (tertiary/aromatic N) is 2. The summed E-state index contributed by atoms with van der Waals surface area (Å²) in [6, 6.07) is 17.6. The highest BCUT2D eigenvalue weighted by Gasteiger charge is 2.12. The van der Waals surface area contributed by atoms with Crippen molar-refractivity contribution in [3.63, 3.8) is 0 Å². The van der Waals surface area contributed by atoms with Gasteiger partial charge in [-0.2, -0.15) is 0 Å². The second-order valence-electron chi connectivity index (χ2n) is 7.22. The zero-order valence-corrected chi connectivity index (χ0v) is 17.6. The first kappa shape index (κ1) is 20.0. The van der Waals surface area contributed by atoms with Gasteiger partial charge in [0.1, 0.15) is 5.82 Å². The van der Waals surface area contributed by atoms with Gasteiger partial charge in [0.2, 0.25) is 0 Å². The molecule has 1 heterocycles. The first-order valence-corrected chi connectivity index (χ1v) is 11.5. The van der Waals surface area contributed by atoms with Crippen LogP contribution >= 0.6 is 11.8 Å². The summed E-state index contributed by atoms with van der Waals surface area (Å²) in [5.41, 5.74) is 3.85. The summed E-state index contributed by atoms with van der Waals surface area (Å²) in [6.45, 7) is 5.60. The van der Waals surface area contributed by atoms with E-state index in [4.69, 9.17) is 4.98 Å². The molecule has 1 aromatic heterocycles. The Hall–Kier alpha value is -1.74. The second kappa shape index (κ2) is 10.6. The normalized spacial score (nSPS) is 11.3. The number of unbranched alkanes of at least 4 members (excludes halogenated alkanes) is 3. The number of fused-ring (bicyclic) bond motifs is 1. The van der Waals surface area contributed by atoms with E-state index in [1.54, 1.807) is 0 Å². The first-order chi connectivity index (χ1) is 13.3. The molecule has 0 spiro atoms. The number of aromatic nitrogens is 2. The molecule has 27 heavy (non-hydrogen) atoms. The minimum Gasteiger partial charge on any atom is -0.328 e. The average molecular weight is 381 g/mol. The second-order valence-corrected chi connectivity index (χ2v) is 8.39. The molecule has 0 aliphatic rings. The van der Waals surface area contributed by atoms with Gasteiger partial charge in [0.15, 0.2) is 0 Å². The molecule has 0 unspecified atom stereocenters. The van der Waals surface area contributed by atoms with Crippen LogP contribution in [-0.4, -0.2) is 15.3 Å². The molecule has 2 aromatic carbocycles. The maximum Gasteiger partial charge on any atom is 0.110 e. The van der Waals surface area contributed by atoms with Gasteiger partial charge in [-0.05, 0) is 48.8 Å². The van der Waals surface area contributed by atoms with Gasteiger partial charge in [0.05, 0.1) is 11.0 Å². The first-order valence-electron chi connectivity index (χ1n) is 10.5. The van der Waals surface area contributed by atoms with Crippen molar-refractivity contribution in [2.75, 3.05) is 5.75 Å². The minimum atomic E-state index is 1.00. The summed E-state index contributed by atoms with van der Waals surface area (Å²) in [4.78, 5) is 6.37. The zero-order chi connectivity index (χ0) is 18.9. The van der Waals surface area contributed by atoms with Crippen molar-refractivity contribution in [3.05, 3.63) is 59.9 Å².